The number of rotatable bonds is 6. The Hall–Kier alpha value is -2.12. The van der Waals surface area contributed by atoms with Crippen molar-refractivity contribution >= 4 is 46.1 Å². The van der Waals surface area contributed by atoms with Crippen LogP contribution in [0.4, 0.5) is 11.4 Å². The predicted octanol–water partition coefficient (Wildman–Crippen LogP) is 2.51. The third-order valence-corrected chi connectivity index (χ3v) is 4.85. The lowest BCUT2D eigenvalue weighted by molar-refractivity contribution is 0.0980. The zero-order chi connectivity index (χ0) is 18.8. The summed E-state index contributed by atoms with van der Waals surface area (Å²) in [5, 5.41) is 6.66. The topological polar surface area (TPSA) is 110 Å². The Morgan fingerprint density at radius 1 is 0.769 bits per heavy atom. The van der Waals surface area contributed by atoms with Crippen LogP contribution in [0.1, 0.15) is 31.8 Å². The average Bonchev–Trinajstić information content (AvgIpc) is 2.64. The molecule has 1 aliphatic carbocycles. The lowest BCUT2D eigenvalue weighted by Gasteiger charge is -2.24. The zero-order valence-corrected chi connectivity index (χ0v) is 15.4. The summed E-state index contributed by atoms with van der Waals surface area (Å²) < 4.78 is 0. The number of carbonyl (C=O) groups is 2. The first kappa shape index (κ1) is 18.7. The summed E-state index contributed by atoms with van der Waals surface area (Å²) in [7, 11) is 0. The van der Waals surface area contributed by atoms with Gasteiger partial charge in [0.05, 0.1) is 21.2 Å². The Morgan fingerprint density at radius 2 is 1.15 bits per heavy atom. The van der Waals surface area contributed by atoms with Crippen LogP contribution < -0.4 is 22.1 Å². The maximum absolute atomic E-state index is 13.1. The number of nitrogens with two attached hydrogens (primary N) is 2. The summed E-state index contributed by atoms with van der Waals surface area (Å²) in [6.07, 6.45) is 0. The van der Waals surface area contributed by atoms with Gasteiger partial charge in [0.15, 0.2) is 11.6 Å². The lowest BCUT2D eigenvalue weighted by Crippen LogP contribution is -2.26. The van der Waals surface area contributed by atoms with E-state index < -0.39 is 0 Å². The molecule has 0 unspecified atom stereocenters. The normalized spacial score (nSPS) is 12.6. The second-order valence-electron chi connectivity index (χ2n) is 5.81. The molecule has 0 amide bonds. The van der Waals surface area contributed by atoms with Crippen LogP contribution in [0.3, 0.4) is 0 Å². The molecule has 0 saturated heterocycles. The number of hydrogen-bond acceptors (Lipinski definition) is 6. The monoisotopic (exact) mass is 392 g/mol. The summed E-state index contributed by atoms with van der Waals surface area (Å²) in [6.45, 7) is 1.72. The molecule has 1 aliphatic rings. The molecule has 6 N–H and O–H groups in total. The molecule has 2 aromatic carbocycles. The number of ketones is 2. The highest BCUT2D eigenvalue weighted by Crippen LogP contribution is 2.39. The van der Waals surface area contributed by atoms with E-state index in [-0.39, 0.29) is 32.7 Å². The SMILES string of the molecule is NCCNc1ccc(NCCN)c2c1C(=O)c1cc(Cl)c(Cl)cc1C2=O. The summed E-state index contributed by atoms with van der Waals surface area (Å²) in [6, 6.07) is 6.38. The van der Waals surface area contributed by atoms with Crippen molar-refractivity contribution in [3.63, 3.8) is 0 Å². The fourth-order valence-corrected chi connectivity index (χ4v) is 3.30. The van der Waals surface area contributed by atoms with E-state index in [2.05, 4.69) is 10.6 Å². The van der Waals surface area contributed by atoms with Crippen LogP contribution in [0, 0.1) is 0 Å². The lowest BCUT2D eigenvalue weighted by atomic mass is 9.82. The van der Waals surface area contributed by atoms with Crippen molar-refractivity contribution < 1.29 is 9.59 Å². The molecular weight excluding hydrogens is 375 g/mol. The number of halogens is 2. The molecule has 0 aromatic heterocycles. The van der Waals surface area contributed by atoms with Gasteiger partial charge in [0.25, 0.3) is 0 Å². The summed E-state index contributed by atoms with van der Waals surface area (Å²) in [5.41, 5.74) is 13.3. The highest BCUT2D eigenvalue weighted by molar-refractivity contribution is 6.43. The molecule has 0 atom stereocenters. The van der Waals surface area contributed by atoms with Crippen LogP contribution in [-0.2, 0) is 0 Å². The number of hydrogen-bond donors (Lipinski definition) is 4. The molecule has 26 heavy (non-hydrogen) atoms. The molecule has 0 saturated carbocycles. The molecule has 0 bridgehead atoms. The summed E-state index contributed by atoms with van der Waals surface area (Å²) >= 11 is 12.1. The van der Waals surface area contributed by atoms with Crippen molar-refractivity contribution in [2.45, 2.75) is 0 Å². The van der Waals surface area contributed by atoms with Gasteiger partial charge in [-0.25, -0.2) is 0 Å². The Labute approximate surface area is 160 Å². The number of nitrogens with one attached hydrogen (secondary N) is 2. The van der Waals surface area contributed by atoms with Crippen molar-refractivity contribution in [3.8, 4) is 0 Å². The third kappa shape index (κ3) is 3.17. The Bertz CT molecular complexity index is 827. The van der Waals surface area contributed by atoms with Crippen LogP contribution >= 0.6 is 23.2 Å². The number of benzene rings is 2. The van der Waals surface area contributed by atoms with Crippen molar-refractivity contribution in [2.75, 3.05) is 36.8 Å². The van der Waals surface area contributed by atoms with Crippen LogP contribution in [-0.4, -0.2) is 37.7 Å². The summed E-state index contributed by atoms with van der Waals surface area (Å²) in [5.74, 6) is -0.576. The van der Waals surface area contributed by atoms with Gasteiger partial charge in [-0.05, 0) is 24.3 Å². The van der Waals surface area contributed by atoms with E-state index in [9.17, 15) is 9.59 Å². The minimum Gasteiger partial charge on any atom is -0.383 e. The zero-order valence-electron chi connectivity index (χ0n) is 13.9. The summed E-state index contributed by atoms with van der Waals surface area (Å²) in [4.78, 5) is 26.3. The second kappa shape index (κ2) is 7.63. The van der Waals surface area contributed by atoms with E-state index in [0.29, 0.717) is 48.7 Å². The molecular formula is C18H18Cl2N4O2. The number of carbonyl (C=O) groups excluding carboxylic acids is 2. The van der Waals surface area contributed by atoms with Gasteiger partial charge in [-0.3, -0.25) is 9.59 Å². The standard InChI is InChI=1S/C18H18Cl2N4O2/c19-11-7-9-10(8-12(11)20)18(26)16-14(24-6-4-22)2-1-13(23-5-3-21)15(16)17(9)25/h1-2,7-8,23-24H,3-6,21-22H2. The van der Waals surface area contributed by atoms with Crippen molar-refractivity contribution in [2.24, 2.45) is 11.5 Å². The Morgan fingerprint density at radius 3 is 1.50 bits per heavy atom. The minimum absolute atomic E-state index is 0.226. The van der Waals surface area contributed by atoms with Gasteiger partial charge in [0, 0.05) is 48.7 Å². The molecule has 2 aromatic rings. The number of fused-ring (bicyclic) bond motifs is 2. The smallest absolute Gasteiger partial charge is 0.196 e. The predicted molar refractivity (Wildman–Crippen MR) is 105 cm³/mol. The molecule has 0 heterocycles. The van der Waals surface area contributed by atoms with E-state index in [1.165, 1.54) is 12.1 Å². The fraction of sp³-hybridized carbons (Fsp3) is 0.222. The third-order valence-electron chi connectivity index (χ3n) is 4.13. The quantitative estimate of drug-likeness (QED) is 0.512. The number of anilines is 2. The first-order chi connectivity index (χ1) is 12.5. The van der Waals surface area contributed by atoms with Crippen molar-refractivity contribution in [3.05, 3.63) is 56.6 Å². The fourth-order valence-electron chi connectivity index (χ4n) is 2.97. The van der Waals surface area contributed by atoms with Gasteiger partial charge < -0.3 is 22.1 Å². The molecule has 136 valence electrons. The van der Waals surface area contributed by atoms with Crippen molar-refractivity contribution in [1.82, 2.24) is 0 Å². The van der Waals surface area contributed by atoms with Gasteiger partial charge in [-0.1, -0.05) is 23.2 Å². The van der Waals surface area contributed by atoms with E-state index in [0.717, 1.165) is 0 Å². The van der Waals surface area contributed by atoms with Gasteiger partial charge in [0.2, 0.25) is 0 Å². The Balaban J connectivity index is 2.22. The maximum atomic E-state index is 13.1. The van der Waals surface area contributed by atoms with E-state index in [1.54, 1.807) is 12.1 Å². The largest absolute Gasteiger partial charge is 0.383 e. The molecule has 0 radical (unpaired) electrons. The van der Waals surface area contributed by atoms with Crippen LogP contribution in [0.2, 0.25) is 10.0 Å². The first-order valence-electron chi connectivity index (χ1n) is 8.13. The van der Waals surface area contributed by atoms with E-state index in [4.69, 9.17) is 34.7 Å². The molecule has 0 spiro atoms. The highest BCUT2D eigenvalue weighted by Gasteiger charge is 2.34. The molecule has 0 fully saturated rings. The molecule has 6 nitrogen and oxygen atoms in total. The van der Waals surface area contributed by atoms with Crippen LogP contribution in [0.5, 0.6) is 0 Å². The second-order valence-corrected chi connectivity index (χ2v) is 6.63. The van der Waals surface area contributed by atoms with Crippen molar-refractivity contribution in [1.29, 1.82) is 0 Å². The molecule has 3 rings (SSSR count). The highest BCUT2D eigenvalue weighted by atomic mass is 35.5. The van der Waals surface area contributed by atoms with Gasteiger partial charge in [0.1, 0.15) is 0 Å². The molecule has 0 aliphatic heterocycles. The first-order valence-corrected chi connectivity index (χ1v) is 8.88. The maximum Gasteiger partial charge on any atom is 0.196 e. The van der Waals surface area contributed by atoms with Gasteiger partial charge in [-0.2, -0.15) is 0 Å². The van der Waals surface area contributed by atoms with Crippen LogP contribution in [0.15, 0.2) is 24.3 Å². The average molecular weight is 393 g/mol. The van der Waals surface area contributed by atoms with Gasteiger partial charge >= 0.3 is 0 Å². The van der Waals surface area contributed by atoms with E-state index >= 15 is 0 Å². The van der Waals surface area contributed by atoms with E-state index in [1.807, 2.05) is 0 Å². The molecule has 8 heteroatoms. The van der Waals surface area contributed by atoms with Gasteiger partial charge in [-0.15, -0.1) is 0 Å². The van der Waals surface area contributed by atoms with Crippen LogP contribution in [0.25, 0.3) is 0 Å². The minimum atomic E-state index is -0.288. The Kier molecular flexibility index (Phi) is 5.48.